The van der Waals surface area contributed by atoms with Crippen molar-refractivity contribution in [3.05, 3.63) is 23.8 Å². The molecule has 0 aliphatic carbocycles. The van der Waals surface area contributed by atoms with Crippen LogP contribution in [0.25, 0.3) is 0 Å². The van der Waals surface area contributed by atoms with Crippen LogP contribution in [0.1, 0.15) is 56.8 Å². The Morgan fingerprint density at radius 3 is 2.52 bits per heavy atom. The lowest BCUT2D eigenvalue weighted by Gasteiger charge is -2.17. The van der Waals surface area contributed by atoms with Gasteiger partial charge in [-0.2, -0.15) is 0 Å². The van der Waals surface area contributed by atoms with Gasteiger partial charge in [-0.1, -0.05) is 26.7 Å². The molecule has 0 radical (unpaired) electrons. The Kier molecular flexibility index (Phi) is 7.51. The second kappa shape index (κ2) is 8.88. The molecule has 1 aromatic rings. The average molecular weight is 342 g/mol. The molecule has 23 heavy (non-hydrogen) atoms. The molecule has 7 heteroatoms. The Balaban J connectivity index is 3.16. The number of unbranched alkanes of at least 4 members (excludes halogenated alkanes) is 1. The Bertz CT molecular complexity index is 629. The predicted octanol–water partition coefficient (Wildman–Crippen LogP) is 3.06. The molecular weight excluding hydrogens is 316 g/mol. The highest BCUT2D eigenvalue weighted by atomic mass is 32.2. The second-order valence-electron chi connectivity index (χ2n) is 5.61. The number of rotatable bonds is 10. The van der Waals surface area contributed by atoms with E-state index in [0.717, 1.165) is 25.7 Å². The van der Waals surface area contributed by atoms with Gasteiger partial charge >= 0.3 is 5.97 Å². The van der Waals surface area contributed by atoms with Crippen molar-refractivity contribution in [1.82, 2.24) is 4.72 Å². The van der Waals surface area contributed by atoms with Gasteiger partial charge in [0.2, 0.25) is 10.0 Å². The molecule has 0 bridgehead atoms. The first-order valence-electron chi connectivity index (χ1n) is 7.95. The van der Waals surface area contributed by atoms with E-state index in [4.69, 9.17) is 5.11 Å². The number of carboxylic acids is 1. The first-order chi connectivity index (χ1) is 10.8. The van der Waals surface area contributed by atoms with Crippen molar-refractivity contribution in [3.8, 4) is 0 Å². The predicted molar refractivity (Wildman–Crippen MR) is 91.5 cm³/mol. The minimum atomic E-state index is -3.78. The lowest BCUT2D eigenvalue weighted by molar-refractivity contribution is 0.0696. The summed E-state index contributed by atoms with van der Waals surface area (Å²) in [6.45, 7) is 6.46. The maximum atomic E-state index is 12.6. The molecule has 0 saturated heterocycles. The van der Waals surface area contributed by atoms with Gasteiger partial charge in [0, 0.05) is 12.6 Å². The van der Waals surface area contributed by atoms with Crippen molar-refractivity contribution >= 4 is 21.7 Å². The monoisotopic (exact) mass is 342 g/mol. The number of benzene rings is 1. The number of carbonyl (C=O) groups is 1. The van der Waals surface area contributed by atoms with E-state index < -0.39 is 16.0 Å². The van der Waals surface area contributed by atoms with Crippen LogP contribution < -0.4 is 10.0 Å². The van der Waals surface area contributed by atoms with E-state index in [1.165, 1.54) is 18.2 Å². The molecule has 1 atom stereocenters. The molecule has 0 heterocycles. The van der Waals surface area contributed by atoms with Crippen LogP contribution >= 0.6 is 0 Å². The fourth-order valence-corrected chi connectivity index (χ4v) is 3.73. The third kappa shape index (κ3) is 5.84. The summed E-state index contributed by atoms with van der Waals surface area (Å²) in [6.07, 6.45) is 3.46. The molecule has 0 aliphatic heterocycles. The van der Waals surface area contributed by atoms with E-state index in [-0.39, 0.29) is 16.5 Å². The molecule has 0 aromatic heterocycles. The number of hydrogen-bond acceptors (Lipinski definition) is 4. The van der Waals surface area contributed by atoms with Gasteiger partial charge < -0.3 is 10.4 Å². The summed E-state index contributed by atoms with van der Waals surface area (Å²) < 4.78 is 27.8. The number of nitrogens with one attached hydrogen (secondary N) is 2. The smallest absolute Gasteiger partial charge is 0.335 e. The fourth-order valence-electron chi connectivity index (χ4n) is 2.24. The molecular formula is C16H26N2O4S. The zero-order valence-corrected chi connectivity index (χ0v) is 14.7. The van der Waals surface area contributed by atoms with Gasteiger partial charge in [0.15, 0.2) is 0 Å². The van der Waals surface area contributed by atoms with E-state index in [1.54, 1.807) is 6.92 Å². The van der Waals surface area contributed by atoms with E-state index in [9.17, 15) is 13.2 Å². The van der Waals surface area contributed by atoms with Crippen molar-refractivity contribution in [2.45, 2.75) is 57.4 Å². The van der Waals surface area contributed by atoms with Crippen LogP contribution in [0.2, 0.25) is 0 Å². The highest BCUT2D eigenvalue weighted by Gasteiger charge is 2.22. The topological polar surface area (TPSA) is 95.5 Å². The lowest BCUT2D eigenvalue weighted by Crippen LogP contribution is -2.33. The van der Waals surface area contributed by atoms with Gasteiger partial charge in [-0.3, -0.25) is 0 Å². The summed E-state index contributed by atoms with van der Waals surface area (Å²) in [7, 11) is -3.78. The van der Waals surface area contributed by atoms with Crippen molar-refractivity contribution in [3.63, 3.8) is 0 Å². The summed E-state index contributed by atoms with van der Waals surface area (Å²) in [5.74, 6) is -1.15. The van der Waals surface area contributed by atoms with Crippen molar-refractivity contribution in [2.75, 3.05) is 11.9 Å². The Hall–Kier alpha value is -1.60. The molecule has 0 unspecified atom stereocenters. The maximum Gasteiger partial charge on any atom is 0.335 e. The van der Waals surface area contributed by atoms with Gasteiger partial charge in [0.05, 0.1) is 11.3 Å². The second-order valence-corrected chi connectivity index (χ2v) is 7.29. The molecule has 1 rings (SSSR count). The number of carboxylic acid groups (broad SMARTS) is 1. The number of hydrogen-bond donors (Lipinski definition) is 3. The number of sulfonamides is 1. The highest BCUT2D eigenvalue weighted by Crippen LogP contribution is 2.23. The third-order valence-electron chi connectivity index (χ3n) is 3.44. The van der Waals surface area contributed by atoms with Crippen LogP contribution in [0.15, 0.2) is 23.1 Å². The van der Waals surface area contributed by atoms with Crippen LogP contribution in [-0.4, -0.2) is 32.1 Å². The fraction of sp³-hybridized carbons (Fsp3) is 0.562. The summed E-state index contributed by atoms with van der Waals surface area (Å²) in [5, 5.41) is 12.2. The van der Waals surface area contributed by atoms with Crippen LogP contribution in [0.3, 0.4) is 0 Å². The van der Waals surface area contributed by atoms with E-state index in [1.807, 2.05) is 13.8 Å². The normalized spacial score (nSPS) is 12.8. The molecule has 0 spiro atoms. The van der Waals surface area contributed by atoms with Gasteiger partial charge in [0.25, 0.3) is 0 Å². The molecule has 0 amide bonds. The summed E-state index contributed by atoms with van der Waals surface area (Å²) in [4.78, 5) is 11.1. The summed E-state index contributed by atoms with van der Waals surface area (Å²) in [6, 6.07) is 3.92. The van der Waals surface area contributed by atoms with Gasteiger partial charge in [-0.25, -0.2) is 17.9 Å². The van der Waals surface area contributed by atoms with Crippen LogP contribution in [-0.2, 0) is 10.0 Å². The zero-order valence-electron chi connectivity index (χ0n) is 13.9. The van der Waals surface area contributed by atoms with Crippen molar-refractivity contribution in [2.24, 2.45) is 0 Å². The molecule has 6 nitrogen and oxygen atoms in total. The first-order valence-corrected chi connectivity index (χ1v) is 9.43. The standard InChI is InChI=1S/C16H26N2O4S/c1-4-6-10-17-14-9-8-13(16(19)20)11-15(14)23(21,22)18-12(3)7-5-2/h8-9,11-12,17-18H,4-7,10H2,1-3H3,(H,19,20)/t12-/m1/s1. The van der Waals surface area contributed by atoms with E-state index in [0.29, 0.717) is 12.2 Å². The van der Waals surface area contributed by atoms with Gasteiger partial charge in [-0.05, 0) is 38.0 Å². The minimum absolute atomic E-state index is 0.0172. The first kappa shape index (κ1) is 19.4. The maximum absolute atomic E-state index is 12.6. The van der Waals surface area contributed by atoms with Crippen molar-refractivity contribution < 1.29 is 18.3 Å². The van der Waals surface area contributed by atoms with Crippen LogP contribution in [0, 0.1) is 0 Å². The van der Waals surface area contributed by atoms with Crippen LogP contribution in [0.4, 0.5) is 5.69 Å². The SMILES string of the molecule is CCCCNc1ccc(C(=O)O)cc1S(=O)(=O)N[C@H](C)CCC. The Morgan fingerprint density at radius 1 is 1.26 bits per heavy atom. The zero-order chi connectivity index (χ0) is 17.5. The van der Waals surface area contributed by atoms with E-state index in [2.05, 4.69) is 10.0 Å². The highest BCUT2D eigenvalue weighted by molar-refractivity contribution is 7.89. The molecule has 3 N–H and O–H groups in total. The Labute approximate surface area is 138 Å². The summed E-state index contributed by atoms with van der Waals surface area (Å²) in [5.41, 5.74) is 0.384. The Morgan fingerprint density at radius 2 is 1.96 bits per heavy atom. The average Bonchev–Trinajstić information content (AvgIpc) is 2.47. The molecule has 1 aromatic carbocycles. The van der Waals surface area contributed by atoms with Gasteiger partial charge in [-0.15, -0.1) is 0 Å². The lowest BCUT2D eigenvalue weighted by atomic mass is 10.2. The van der Waals surface area contributed by atoms with Gasteiger partial charge in [0.1, 0.15) is 4.90 Å². The van der Waals surface area contributed by atoms with Crippen molar-refractivity contribution in [1.29, 1.82) is 0 Å². The molecule has 0 fully saturated rings. The van der Waals surface area contributed by atoms with Crippen LogP contribution in [0.5, 0.6) is 0 Å². The summed E-state index contributed by atoms with van der Waals surface area (Å²) >= 11 is 0. The van der Waals surface area contributed by atoms with E-state index >= 15 is 0 Å². The number of anilines is 1. The minimum Gasteiger partial charge on any atom is -0.478 e. The third-order valence-corrected chi connectivity index (χ3v) is 5.07. The molecule has 130 valence electrons. The molecule has 0 saturated carbocycles. The largest absolute Gasteiger partial charge is 0.478 e. The quantitative estimate of drug-likeness (QED) is 0.568. The number of aromatic carboxylic acids is 1. The molecule has 0 aliphatic rings.